The van der Waals surface area contributed by atoms with E-state index in [0.717, 1.165) is 43.4 Å². The maximum atomic E-state index is 12.5. The SMILES string of the molecule is CCOc1ccc2nc(-n3nc(C)c4c3NC(=O)C[C@H]4c3ccc([N+](=O)[O-])s3)sc2c1. The average Bonchev–Trinajstić information content (AvgIpc) is 3.44. The molecule has 3 aromatic heterocycles. The Kier molecular flexibility index (Phi) is 4.71. The highest BCUT2D eigenvalue weighted by Gasteiger charge is 2.34. The summed E-state index contributed by atoms with van der Waals surface area (Å²) in [5.74, 6) is 0.903. The number of carbonyl (C=O) groups excluding carboxylic acids is 1. The number of hydrogen-bond acceptors (Lipinski definition) is 8. The summed E-state index contributed by atoms with van der Waals surface area (Å²) in [5.41, 5.74) is 2.44. The summed E-state index contributed by atoms with van der Waals surface area (Å²) in [6.07, 6.45) is 0.217. The summed E-state index contributed by atoms with van der Waals surface area (Å²) < 4.78 is 8.18. The van der Waals surface area contributed by atoms with Crippen molar-refractivity contribution in [1.29, 1.82) is 0 Å². The highest BCUT2D eigenvalue weighted by atomic mass is 32.1. The van der Waals surface area contributed by atoms with Gasteiger partial charge in [-0.25, -0.2) is 4.98 Å². The normalized spacial score (nSPS) is 15.7. The Hall–Kier alpha value is -3.31. The Bertz CT molecular complexity index is 1340. The molecule has 5 rings (SSSR count). The van der Waals surface area contributed by atoms with Gasteiger partial charge >= 0.3 is 5.00 Å². The first-order valence-electron chi connectivity index (χ1n) is 9.62. The van der Waals surface area contributed by atoms with Gasteiger partial charge in [0.05, 0.1) is 27.4 Å². The molecule has 9 nitrogen and oxygen atoms in total. The van der Waals surface area contributed by atoms with Crippen LogP contribution in [0, 0.1) is 17.0 Å². The maximum absolute atomic E-state index is 12.5. The molecule has 4 aromatic rings. The molecule has 11 heteroatoms. The van der Waals surface area contributed by atoms with Gasteiger partial charge in [-0.1, -0.05) is 22.7 Å². The Balaban J connectivity index is 1.60. The number of aromatic nitrogens is 3. The lowest BCUT2D eigenvalue weighted by Crippen LogP contribution is -2.24. The number of amides is 1. The number of carbonyl (C=O) groups is 1. The summed E-state index contributed by atoms with van der Waals surface area (Å²) >= 11 is 2.55. The number of thiophene rings is 1. The topological polar surface area (TPSA) is 112 Å². The van der Waals surface area contributed by atoms with Crippen molar-refractivity contribution in [3.63, 3.8) is 0 Å². The molecule has 31 heavy (non-hydrogen) atoms. The number of benzene rings is 1. The van der Waals surface area contributed by atoms with Crippen LogP contribution in [0.15, 0.2) is 30.3 Å². The van der Waals surface area contributed by atoms with Gasteiger partial charge in [-0.2, -0.15) is 9.78 Å². The number of nitro groups is 1. The van der Waals surface area contributed by atoms with Gasteiger partial charge in [0.1, 0.15) is 11.6 Å². The van der Waals surface area contributed by atoms with Crippen molar-refractivity contribution in [3.8, 4) is 10.9 Å². The van der Waals surface area contributed by atoms with E-state index in [1.807, 2.05) is 32.0 Å². The first kappa shape index (κ1) is 19.6. The van der Waals surface area contributed by atoms with E-state index < -0.39 is 4.92 Å². The van der Waals surface area contributed by atoms with Crippen LogP contribution < -0.4 is 10.1 Å². The fourth-order valence-corrected chi connectivity index (χ4v) is 5.68. The van der Waals surface area contributed by atoms with Crippen molar-refractivity contribution in [2.75, 3.05) is 11.9 Å². The van der Waals surface area contributed by atoms with Crippen LogP contribution in [0.2, 0.25) is 0 Å². The van der Waals surface area contributed by atoms with Crippen LogP contribution in [0.3, 0.4) is 0 Å². The molecule has 0 fully saturated rings. The third-order valence-corrected chi connectivity index (χ3v) is 7.22. The lowest BCUT2D eigenvalue weighted by molar-refractivity contribution is -0.380. The zero-order chi connectivity index (χ0) is 21.7. The second-order valence-corrected chi connectivity index (χ2v) is 9.16. The van der Waals surface area contributed by atoms with E-state index in [9.17, 15) is 14.9 Å². The van der Waals surface area contributed by atoms with Crippen LogP contribution in [0.5, 0.6) is 5.75 Å². The minimum Gasteiger partial charge on any atom is -0.494 e. The molecule has 1 aliphatic rings. The van der Waals surface area contributed by atoms with E-state index in [2.05, 4.69) is 15.4 Å². The van der Waals surface area contributed by atoms with Gasteiger partial charge < -0.3 is 10.1 Å². The number of nitrogens with one attached hydrogen (secondary N) is 1. The number of aryl methyl sites for hydroxylation is 1. The number of hydrogen-bond donors (Lipinski definition) is 1. The molecule has 0 saturated heterocycles. The largest absolute Gasteiger partial charge is 0.494 e. The van der Waals surface area contributed by atoms with Crippen LogP contribution in [-0.2, 0) is 4.79 Å². The predicted molar refractivity (Wildman–Crippen MR) is 119 cm³/mol. The van der Waals surface area contributed by atoms with E-state index in [1.54, 1.807) is 10.7 Å². The Morgan fingerprint density at radius 2 is 2.16 bits per heavy atom. The van der Waals surface area contributed by atoms with Crippen molar-refractivity contribution < 1.29 is 14.5 Å². The number of thiazole rings is 1. The second kappa shape index (κ2) is 7.43. The molecule has 158 valence electrons. The zero-order valence-corrected chi connectivity index (χ0v) is 18.2. The number of fused-ring (bicyclic) bond motifs is 2. The van der Waals surface area contributed by atoms with Gasteiger partial charge in [-0.3, -0.25) is 14.9 Å². The predicted octanol–water partition coefficient (Wildman–Crippen LogP) is 4.63. The average molecular weight is 456 g/mol. The second-order valence-electron chi connectivity index (χ2n) is 7.06. The molecule has 1 amide bonds. The summed E-state index contributed by atoms with van der Waals surface area (Å²) in [6.45, 7) is 4.39. The number of nitrogens with zero attached hydrogens (tertiary/aromatic N) is 4. The number of ether oxygens (including phenoxy) is 1. The van der Waals surface area contributed by atoms with E-state index in [-0.39, 0.29) is 23.2 Å². The lowest BCUT2D eigenvalue weighted by atomic mass is 9.91. The molecule has 1 atom stereocenters. The lowest BCUT2D eigenvalue weighted by Gasteiger charge is -2.22. The third kappa shape index (κ3) is 3.35. The quantitative estimate of drug-likeness (QED) is 0.347. The molecule has 0 saturated carbocycles. The van der Waals surface area contributed by atoms with Gasteiger partial charge in [0.25, 0.3) is 0 Å². The van der Waals surface area contributed by atoms with Crippen molar-refractivity contribution in [3.05, 3.63) is 56.6 Å². The molecule has 4 heterocycles. The van der Waals surface area contributed by atoms with Crippen LogP contribution in [0.25, 0.3) is 15.3 Å². The molecule has 0 aliphatic carbocycles. The van der Waals surface area contributed by atoms with E-state index in [4.69, 9.17) is 4.74 Å². The summed E-state index contributed by atoms with van der Waals surface area (Å²) in [4.78, 5) is 28.7. The van der Waals surface area contributed by atoms with Crippen molar-refractivity contribution in [2.45, 2.75) is 26.2 Å². The monoisotopic (exact) mass is 455 g/mol. The minimum atomic E-state index is -0.411. The van der Waals surface area contributed by atoms with Gasteiger partial charge in [0.2, 0.25) is 11.0 Å². The molecule has 0 bridgehead atoms. The Morgan fingerprint density at radius 3 is 2.90 bits per heavy atom. The maximum Gasteiger partial charge on any atom is 0.324 e. The van der Waals surface area contributed by atoms with E-state index >= 15 is 0 Å². The highest BCUT2D eigenvalue weighted by Crippen LogP contribution is 2.44. The summed E-state index contributed by atoms with van der Waals surface area (Å²) in [5, 5.41) is 19.4. The number of anilines is 1. The summed E-state index contributed by atoms with van der Waals surface area (Å²) in [7, 11) is 0. The van der Waals surface area contributed by atoms with Crippen molar-refractivity contribution in [1.82, 2.24) is 14.8 Å². The Morgan fingerprint density at radius 1 is 1.32 bits per heavy atom. The van der Waals surface area contributed by atoms with E-state index in [1.165, 1.54) is 17.4 Å². The van der Waals surface area contributed by atoms with Crippen LogP contribution in [-0.4, -0.2) is 32.2 Å². The van der Waals surface area contributed by atoms with Crippen molar-refractivity contribution in [2.24, 2.45) is 0 Å². The van der Waals surface area contributed by atoms with E-state index in [0.29, 0.717) is 17.6 Å². The smallest absolute Gasteiger partial charge is 0.324 e. The highest BCUT2D eigenvalue weighted by molar-refractivity contribution is 7.20. The third-order valence-electron chi connectivity index (χ3n) is 5.08. The first-order chi connectivity index (χ1) is 14.9. The number of rotatable bonds is 5. The standard InChI is InChI=1S/C20H17N5O4S2/c1-3-29-11-4-5-13-15(8-11)31-20(21-13)24-19-18(10(2)23-24)12(9-16(26)22-19)14-6-7-17(30-14)25(27)28/h4-8,12H,3,9H2,1-2H3,(H,22,26)/t12-/m0/s1. The van der Waals surface area contributed by atoms with Crippen LogP contribution >= 0.6 is 22.7 Å². The molecule has 0 radical (unpaired) electrons. The molecular weight excluding hydrogens is 438 g/mol. The molecule has 1 N–H and O–H groups in total. The zero-order valence-electron chi connectivity index (χ0n) is 16.6. The van der Waals surface area contributed by atoms with Gasteiger partial charge in [-0.15, -0.1) is 0 Å². The Labute approximate surface area is 184 Å². The first-order valence-corrected chi connectivity index (χ1v) is 11.2. The fraction of sp³-hybridized carbons (Fsp3) is 0.250. The molecule has 1 aliphatic heterocycles. The van der Waals surface area contributed by atoms with Gasteiger partial charge in [0.15, 0.2) is 0 Å². The molecule has 0 spiro atoms. The molecular formula is C20H17N5O4S2. The minimum absolute atomic E-state index is 0.0591. The summed E-state index contributed by atoms with van der Waals surface area (Å²) in [6, 6.07) is 8.92. The molecule has 0 unspecified atom stereocenters. The van der Waals surface area contributed by atoms with Crippen LogP contribution in [0.1, 0.15) is 35.4 Å². The molecule has 1 aromatic carbocycles. The van der Waals surface area contributed by atoms with Gasteiger partial charge in [0, 0.05) is 28.8 Å². The van der Waals surface area contributed by atoms with Gasteiger partial charge in [-0.05, 0) is 38.1 Å². The van der Waals surface area contributed by atoms with Crippen molar-refractivity contribution >= 4 is 49.6 Å². The fourth-order valence-electron chi connectivity index (χ4n) is 3.80. The van der Waals surface area contributed by atoms with Crippen LogP contribution in [0.4, 0.5) is 10.8 Å².